The van der Waals surface area contributed by atoms with Gasteiger partial charge in [-0.2, -0.15) is 0 Å². The Hall–Kier alpha value is -1.55. The summed E-state index contributed by atoms with van der Waals surface area (Å²) >= 11 is 0. The third-order valence-corrected chi connectivity index (χ3v) is 4.32. The van der Waals surface area contributed by atoms with Gasteiger partial charge in [-0.05, 0) is 42.9 Å². The summed E-state index contributed by atoms with van der Waals surface area (Å²) in [5, 5.41) is 12.5. The summed E-state index contributed by atoms with van der Waals surface area (Å²) in [6, 6.07) is 8.26. The molecule has 4 nitrogen and oxygen atoms in total. The van der Waals surface area contributed by atoms with Gasteiger partial charge in [-0.15, -0.1) is 0 Å². The van der Waals surface area contributed by atoms with Crippen LogP contribution in [0.3, 0.4) is 0 Å². The highest BCUT2D eigenvalue weighted by atomic mass is 16.3. The number of hydrogen-bond acceptors (Lipinski definition) is 3. The molecule has 1 atom stereocenters. The normalized spacial score (nSPS) is 22.3. The molecule has 0 aliphatic heterocycles. The number of nitrogens with zero attached hydrogens (tertiary/aromatic N) is 1. The lowest BCUT2D eigenvalue weighted by atomic mass is 9.76. The number of aliphatic hydroxyl groups is 1. The highest BCUT2D eigenvalue weighted by Crippen LogP contribution is 2.31. The van der Waals surface area contributed by atoms with Crippen LogP contribution in [-0.4, -0.2) is 37.3 Å². The first-order valence-electron chi connectivity index (χ1n) is 7.73. The molecule has 0 radical (unpaired) electrons. The monoisotopic (exact) mass is 290 g/mol. The Balaban J connectivity index is 1.85. The maximum Gasteiger partial charge on any atom is 0.224 e. The zero-order valence-corrected chi connectivity index (χ0v) is 13.2. The standard InChI is InChI=1S/C17H26N2O2/c1-4-16(13-10-15(20)11-13)18-17(21)9-12-5-7-14(8-6-12)19(2)3/h5-8,13,15-16,20H,4,9-11H2,1-3H3,(H,18,21)/t13?,15?,16-/m0/s1. The van der Waals surface area contributed by atoms with Crippen molar-refractivity contribution in [2.24, 2.45) is 5.92 Å². The van der Waals surface area contributed by atoms with E-state index in [1.165, 1.54) is 0 Å². The minimum absolute atomic E-state index is 0.0702. The number of aliphatic hydroxyl groups excluding tert-OH is 1. The Morgan fingerprint density at radius 3 is 2.43 bits per heavy atom. The molecule has 0 aromatic heterocycles. The zero-order chi connectivity index (χ0) is 15.4. The van der Waals surface area contributed by atoms with E-state index in [2.05, 4.69) is 12.2 Å². The second-order valence-corrected chi connectivity index (χ2v) is 6.21. The smallest absolute Gasteiger partial charge is 0.224 e. The van der Waals surface area contributed by atoms with Gasteiger partial charge >= 0.3 is 0 Å². The van der Waals surface area contributed by atoms with Crippen LogP contribution in [0.5, 0.6) is 0 Å². The predicted octanol–water partition coefficient (Wildman–Crippen LogP) is 1.96. The highest BCUT2D eigenvalue weighted by Gasteiger charge is 2.33. The number of rotatable bonds is 6. The van der Waals surface area contributed by atoms with Crippen LogP contribution in [0.4, 0.5) is 5.69 Å². The molecular weight excluding hydrogens is 264 g/mol. The van der Waals surface area contributed by atoms with Crippen molar-refractivity contribution >= 4 is 11.6 Å². The van der Waals surface area contributed by atoms with Gasteiger partial charge in [-0.1, -0.05) is 19.1 Å². The van der Waals surface area contributed by atoms with Crippen LogP contribution in [0.1, 0.15) is 31.7 Å². The summed E-state index contributed by atoms with van der Waals surface area (Å²) in [7, 11) is 4.00. The number of carbonyl (C=O) groups excluding carboxylic acids is 1. The average Bonchev–Trinajstić information content (AvgIpc) is 2.42. The van der Waals surface area contributed by atoms with Gasteiger partial charge in [0.15, 0.2) is 0 Å². The third-order valence-electron chi connectivity index (χ3n) is 4.32. The zero-order valence-electron chi connectivity index (χ0n) is 13.2. The van der Waals surface area contributed by atoms with Crippen LogP contribution in [0.2, 0.25) is 0 Å². The number of carbonyl (C=O) groups is 1. The van der Waals surface area contributed by atoms with Gasteiger partial charge in [0.2, 0.25) is 5.91 Å². The van der Waals surface area contributed by atoms with Gasteiger partial charge in [0, 0.05) is 25.8 Å². The van der Waals surface area contributed by atoms with E-state index in [0.717, 1.165) is 30.5 Å². The molecule has 4 heteroatoms. The molecule has 1 aliphatic rings. The van der Waals surface area contributed by atoms with Crippen molar-refractivity contribution in [3.8, 4) is 0 Å². The maximum absolute atomic E-state index is 12.1. The fraction of sp³-hybridized carbons (Fsp3) is 0.588. The van der Waals surface area contributed by atoms with Crippen molar-refractivity contribution in [1.82, 2.24) is 5.32 Å². The van der Waals surface area contributed by atoms with E-state index >= 15 is 0 Å². The first-order chi connectivity index (χ1) is 9.99. The molecule has 1 saturated carbocycles. The second-order valence-electron chi connectivity index (χ2n) is 6.21. The van der Waals surface area contributed by atoms with Gasteiger partial charge in [0.05, 0.1) is 12.5 Å². The second kappa shape index (κ2) is 6.94. The maximum atomic E-state index is 12.1. The minimum atomic E-state index is -0.167. The van der Waals surface area contributed by atoms with Crippen LogP contribution >= 0.6 is 0 Å². The SMILES string of the molecule is CC[C@H](NC(=O)Cc1ccc(N(C)C)cc1)C1CC(O)C1. The third kappa shape index (κ3) is 4.21. The van der Waals surface area contributed by atoms with E-state index in [-0.39, 0.29) is 18.1 Å². The largest absolute Gasteiger partial charge is 0.393 e. The lowest BCUT2D eigenvalue weighted by molar-refractivity contribution is -0.122. The van der Waals surface area contributed by atoms with Gasteiger partial charge in [-0.25, -0.2) is 0 Å². The van der Waals surface area contributed by atoms with Gasteiger partial charge < -0.3 is 15.3 Å². The Morgan fingerprint density at radius 2 is 1.95 bits per heavy atom. The molecule has 0 saturated heterocycles. The molecule has 2 N–H and O–H groups in total. The topological polar surface area (TPSA) is 52.6 Å². The number of amides is 1. The van der Waals surface area contributed by atoms with Crippen LogP contribution in [0, 0.1) is 5.92 Å². The van der Waals surface area contributed by atoms with Gasteiger partial charge in [0.25, 0.3) is 0 Å². The molecule has 0 heterocycles. The van der Waals surface area contributed by atoms with Crippen molar-refractivity contribution in [3.63, 3.8) is 0 Å². The number of benzene rings is 1. The van der Waals surface area contributed by atoms with Crippen LogP contribution in [0.25, 0.3) is 0 Å². The molecule has 2 rings (SSSR count). The fourth-order valence-electron chi connectivity index (χ4n) is 2.87. The van der Waals surface area contributed by atoms with Crippen molar-refractivity contribution in [2.75, 3.05) is 19.0 Å². The molecule has 1 fully saturated rings. The first-order valence-corrected chi connectivity index (χ1v) is 7.73. The summed E-state index contributed by atoms with van der Waals surface area (Å²) in [6.07, 6.45) is 2.80. The Kier molecular flexibility index (Phi) is 5.23. The first kappa shape index (κ1) is 15.8. The Labute approximate surface area is 127 Å². The highest BCUT2D eigenvalue weighted by molar-refractivity contribution is 5.79. The molecule has 116 valence electrons. The summed E-state index contributed by atoms with van der Waals surface area (Å²) < 4.78 is 0. The van der Waals surface area contributed by atoms with Gasteiger partial charge in [-0.3, -0.25) is 4.79 Å². The van der Waals surface area contributed by atoms with Gasteiger partial charge in [0.1, 0.15) is 0 Å². The summed E-state index contributed by atoms with van der Waals surface area (Å²) in [5.41, 5.74) is 2.16. The molecule has 1 aromatic rings. The molecule has 1 amide bonds. The summed E-state index contributed by atoms with van der Waals surface area (Å²) in [6.45, 7) is 2.08. The van der Waals surface area contributed by atoms with Crippen LogP contribution in [-0.2, 0) is 11.2 Å². The number of anilines is 1. The van der Waals surface area contributed by atoms with Crippen molar-refractivity contribution in [1.29, 1.82) is 0 Å². The van der Waals surface area contributed by atoms with Crippen LogP contribution < -0.4 is 10.2 Å². The molecule has 1 aromatic carbocycles. The molecule has 1 aliphatic carbocycles. The van der Waals surface area contributed by atoms with E-state index in [1.54, 1.807) is 0 Å². The molecule has 21 heavy (non-hydrogen) atoms. The predicted molar refractivity (Wildman–Crippen MR) is 85.4 cm³/mol. The minimum Gasteiger partial charge on any atom is -0.393 e. The summed E-state index contributed by atoms with van der Waals surface area (Å²) in [4.78, 5) is 14.2. The molecular formula is C17H26N2O2. The van der Waals surface area contributed by atoms with E-state index in [4.69, 9.17) is 0 Å². The van der Waals surface area contributed by atoms with Crippen LogP contribution in [0.15, 0.2) is 24.3 Å². The summed E-state index contributed by atoms with van der Waals surface area (Å²) in [5.74, 6) is 0.505. The lowest BCUT2D eigenvalue weighted by Gasteiger charge is -2.37. The van der Waals surface area contributed by atoms with Crippen molar-refractivity contribution in [3.05, 3.63) is 29.8 Å². The van der Waals surface area contributed by atoms with E-state index in [9.17, 15) is 9.90 Å². The van der Waals surface area contributed by atoms with Crippen molar-refractivity contribution in [2.45, 2.75) is 44.8 Å². The Bertz CT molecular complexity index is 464. The number of hydrogen-bond donors (Lipinski definition) is 2. The number of nitrogens with one attached hydrogen (secondary N) is 1. The molecule has 0 unspecified atom stereocenters. The Morgan fingerprint density at radius 1 is 1.33 bits per heavy atom. The fourth-order valence-corrected chi connectivity index (χ4v) is 2.87. The van der Waals surface area contributed by atoms with E-state index < -0.39 is 0 Å². The van der Waals surface area contributed by atoms with Crippen molar-refractivity contribution < 1.29 is 9.90 Å². The average molecular weight is 290 g/mol. The van der Waals surface area contributed by atoms with E-state index in [0.29, 0.717) is 12.3 Å². The van der Waals surface area contributed by atoms with E-state index in [1.807, 2.05) is 43.3 Å². The lowest BCUT2D eigenvalue weighted by Crippen LogP contribution is -2.47. The molecule has 0 spiro atoms. The molecule has 0 bridgehead atoms. The quantitative estimate of drug-likeness (QED) is 0.842.